The molecule has 2 nitrogen and oxygen atoms in total. The monoisotopic (exact) mass is 208 g/mol. The molecule has 2 rings (SSSR count). The molecule has 1 aliphatic heterocycles. The molecule has 0 aromatic heterocycles. The zero-order chi connectivity index (χ0) is 10.5. The smallest absolute Gasteiger partial charge is 0.0963 e. The van der Waals surface area contributed by atoms with E-state index in [2.05, 4.69) is 17.2 Å². The van der Waals surface area contributed by atoms with Gasteiger partial charge in [-0.15, -0.1) is 0 Å². The topological polar surface area (TPSA) is 24.4 Å². The molecule has 0 aromatic rings. The van der Waals surface area contributed by atoms with Crippen molar-refractivity contribution in [2.45, 2.75) is 51.9 Å². The van der Waals surface area contributed by atoms with Gasteiger partial charge in [0.1, 0.15) is 0 Å². The number of nitrogens with zero attached hydrogens (tertiary/aromatic N) is 1. The van der Waals surface area contributed by atoms with Crippen molar-refractivity contribution in [1.82, 2.24) is 5.32 Å². The van der Waals surface area contributed by atoms with Crippen LogP contribution >= 0.6 is 0 Å². The van der Waals surface area contributed by atoms with E-state index in [4.69, 9.17) is 0 Å². The van der Waals surface area contributed by atoms with E-state index < -0.39 is 0 Å². The largest absolute Gasteiger partial charge is 0.374 e. The first-order chi connectivity index (χ1) is 7.34. The van der Waals surface area contributed by atoms with E-state index in [1.165, 1.54) is 57.3 Å². The van der Waals surface area contributed by atoms with E-state index >= 15 is 0 Å². The van der Waals surface area contributed by atoms with Crippen LogP contribution in [0.25, 0.3) is 0 Å². The van der Waals surface area contributed by atoms with Gasteiger partial charge in [-0.1, -0.05) is 19.8 Å². The summed E-state index contributed by atoms with van der Waals surface area (Å²) >= 11 is 0. The van der Waals surface area contributed by atoms with Crippen molar-refractivity contribution in [2.75, 3.05) is 13.1 Å². The highest BCUT2D eigenvalue weighted by atomic mass is 15.0. The quantitative estimate of drug-likeness (QED) is 0.741. The number of aliphatic imine (C=N–C) groups is 1. The lowest BCUT2D eigenvalue weighted by Gasteiger charge is -2.13. The van der Waals surface area contributed by atoms with Gasteiger partial charge >= 0.3 is 0 Å². The summed E-state index contributed by atoms with van der Waals surface area (Å²) < 4.78 is 0. The Bertz CT molecular complexity index is 223. The molecule has 0 radical (unpaired) electrons. The van der Waals surface area contributed by atoms with Crippen LogP contribution < -0.4 is 5.32 Å². The third kappa shape index (κ3) is 3.51. The normalized spacial score (nSPS) is 32.2. The molecule has 2 heteroatoms. The molecule has 0 saturated heterocycles. The maximum absolute atomic E-state index is 4.61. The van der Waals surface area contributed by atoms with Crippen molar-refractivity contribution in [3.8, 4) is 0 Å². The van der Waals surface area contributed by atoms with Gasteiger partial charge in [0, 0.05) is 19.5 Å². The molecule has 0 aromatic carbocycles. The number of rotatable bonds is 2. The molecule has 1 aliphatic carbocycles. The molecule has 1 heterocycles. The highest BCUT2D eigenvalue weighted by molar-refractivity contribution is 5.82. The maximum atomic E-state index is 4.61. The van der Waals surface area contributed by atoms with Gasteiger partial charge in [-0.25, -0.2) is 0 Å². The molecular formula is C13H24N2. The van der Waals surface area contributed by atoms with Crippen molar-refractivity contribution in [3.63, 3.8) is 0 Å². The summed E-state index contributed by atoms with van der Waals surface area (Å²) in [6.07, 6.45) is 9.41. The van der Waals surface area contributed by atoms with Gasteiger partial charge in [0.25, 0.3) is 0 Å². The molecule has 1 fully saturated rings. The van der Waals surface area contributed by atoms with Crippen LogP contribution in [0.1, 0.15) is 51.9 Å². The number of hydrogen-bond acceptors (Lipinski definition) is 2. The Kier molecular flexibility index (Phi) is 4.04. The predicted molar refractivity (Wildman–Crippen MR) is 65.3 cm³/mol. The molecule has 0 bridgehead atoms. The molecule has 2 atom stereocenters. The average Bonchev–Trinajstić information content (AvgIpc) is 2.52. The Balaban J connectivity index is 1.70. The van der Waals surface area contributed by atoms with Crippen LogP contribution in [-0.4, -0.2) is 18.9 Å². The third-order valence-electron chi connectivity index (χ3n) is 3.77. The Morgan fingerprint density at radius 3 is 3.00 bits per heavy atom. The highest BCUT2D eigenvalue weighted by Crippen LogP contribution is 2.29. The van der Waals surface area contributed by atoms with E-state index in [0.717, 1.165) is 18.4 Å². The predicted octanol–water partition coefficient (Wildman–Crippen LogP) is 2.98. The summed E-state index contributed by atoms with van der Waals surface area (Å²) in [6, 6.07) is 0. The van der Waals surface area contributed by atoms with Crippen molar-refractivity contribution in [2.24, 2.45) is 16.8 Å². The lowest BCUT2D eigenvalue weighted by Crippen LogP contribution is -2.28. The third-order valence-corrected chi connectivity index (χ3v) is 3.77. The van der Waals surface area contributed by atoms with Crippen LogP contribution in [0.3, 0.4) is 0 Å². The highest BCUT2D eigenvalue weighted by Gasteiger charge is 2.21. The van der Waals surface area contributed by atoms with Crippen LogP contribution in [0.5, 0.6) is 0 Å². The van der Waals surface area contributed by atoms with Crippen LogP contribution in [0.4, 0.5) is 0 Å². The minimum Gasteiger partial charge on any atom is -0.374 e. The molecule has 0 amide bonds. The lowest BCUT2D eigenvalue weighted by atomic mass is 10.1. The first kappa shape index (κ1) is 11.0. The van der Waals surface area contributed by atoms with Crippen molar-refractivity contribution < 1.29 is 0 Å². The Labute approximate surface area is 93.6 Å². The van der Waals surface area contributed by atoms with Gasteiger partial charge in [-0.2, -0.15) is 0 Å². The summed E-state index contributed by atoms with van der Waals surface area (Å²) in [6.45, 7) is 4.59. The molecular weight excluding hydrogens is 184 g/mol. The van der Waals surface area contributed by atoms with Gasteiger partial charge in [0.2, 0.25) is 0 Å². The molecule has 2 aliphatic rings. The van der Waals surface area contributed by atoms with Gasteiger partial charge in [-0.05, 0) is 37.5 Å². The van der Waals surface area contributed by atoms with E-state index in [0.29, 0.717) is 0 Å². The minimum absolute atomic E-state index is 0.908. The SMILES string of the molecule is CC1CCC(CNC2=NCCCCC2)C1. The van der Waals surface area contributed by atoms with Crippen molar-refractivity contribution in [3.05, 3.63) is 0 Å². The fourth-order valence-corrected chi connectivity index (χ4v) is 2.79. The van der Waals surface area contributed by atoms with Crippen LogP contribution in [0.2, 0.25) is 0 Å². The number of amidine groups is 1. The molecule has 0 spiro atoms. The number of nitrogens with one attached hydrogen (secondary N) is 1. The van der Waals surface area contributed by atoms with Crippen molar-refractivity contribution in [1.29, 1.82) is 0 Å². The second-order valence-corrected chi connectivity index (χ2v) is 5.30. The average molecular weight is 208 g/mol. The van der Waals surface area contributed by atoms with E-state index in [9.17, 15) is 0 Å². The summed E-state index contributed by atoms with van der Waals surface area (Å²) in [7, 11) is 0. The zero-order valence-electron chi connectivity index (χ0n) is 9.97. The first-order valence-electron chi connectivity index (χ1n) is 6.62. The van der Waals surface area contributed by atoms with Crippen LogP contribution in [0.15, 0.2) is 4.99 Å². The standard InChI is InChI=1S/C13H24N2/c1-11-6-7-12(9-11)10-15-13-5-3-2-4-8-14-13/h11-12H,2-10H2,1H3,(H,14,15). The van der Waals surface area contributed by atoms with Crippen LogP contribution in [-0.2, 0) is 0 Å². The van der Waals surface area contributed by atoms with Crippen LogP contribution in [0, 0.1) is 11.8 Å². The summed E-state index contributed by atoms with van der Waals surface area (Å²) in [5, 5.41) is 3.57. The minimum atomic E-state index is 0.908. The second kappa shape index (κ2) is 5.53. The molecule has 15 heavy (non-hydrogen) atoms. The Morgan fingerprint density at radius 1 is 1.27 bits per heavy atom. The van der Waals surface area contributed by atoms with Gasteiger partial charge in [0.05, 0.1) is 5.84 Å². The number of hydrogen-bond donors (Lipinski definition) is 1. The van der Waals surface area contributed by atoms with Crippen molar-refractivity contribution >= 4 is 5.84 Å². The van der Waals surface area contributed by atoms with Gasteiger partial charge in [-0.3, -0.25) is 4.99 Å². The summed E-state index contributed by atoms with van der Waals surface area (Å²) in [5.74, 6) is 3.14. The van der Waals surface area contributed by atoms with Gasteiger partial charge < -0.3 is 5.32 Å². The van der Waals surface area contributed by atoms with Gasteiger partial charge in [0.15, 0.2) is 0 Å². The van der Waals surface area contributed by atoms with E-state index in [-0.39, 0.29) is 0 Å². The summed E-state index contributed by atoms with van der Waals surface area (Å²) in [5.41, 5.74) is 0. The molecule has 2 unspecified atom stereocenters. The maximum Gasteiger partial charge on any atom is 0.0963 e. The van der Waals surface area contributed by atoms with E-state index in [1.807, 2.05) is 0 Å². The first-order valence-corrected chi connectivity index (χ1v) is 6.62. The fourth-order valence-electron chi connectivity index (χ4n) is 2.79. The zero-order valence-corrected chi connectivity index (χ0v) is 9.97. The summed E-state index contributed by atoms with van der Waals surface area (Å²) in [4.78, 5) is 4.61. The molecule has 1 saturated carbocycles. The van der Waals surface area contributed by atoms with E-state index in [1.54, 1.807) is 0 Å². The fraction of sp³-hybridized carbons (Fsp3) is 0.923. The second-order valence-electron chi connectivity index (χ2n) is 5.30. The molecule has 86 valence electrons. The Hall–Kier alpha value is -0.530. The lowest BCUT2D eigenvalue weighted by molar-refractivity contribution is 0.505. The Morgan fingerprint density at radius 2 is 2.20 bits per heavy atom. The molecule has 1 N–H and O–H groups in total.